The van der Waals surface area contributed by atoms with E-state index in [1.165, 1.54) is 49.7 Å². The molecule has 0 aromatic heterocycles. The average Bonchev–Trinajstić information content (AvgIpc) is 2.59. The highest BCUT2D eigenvalue weighted by atomic mass is 16.5. The van der Waals surface area contributed by atoms with E-state index < -0.39 is 0 Å². The van der Waals surface area contributed by atoms with E-state index in [0.717, 1.165) is 38.1 Å². The fraction of sp³-hybridized carbons (Fsp3) is 0.650. The topological polar surface area (TPSA) is 59.6 Å². The number of aliphatic imine (C=N–C) groups is 1. The second-order valence-corrected chi connectivity index (χ2v) is 7.75. The predicted octanol–water partition coefficient (Wildman–Crippen LogP) is 3.64. The van der Waals surface area contributed by atoms with Gasteiger partial charge in [0.2, 0.25) is 0 Å². The Labute approximate surface area is 144 Å². The molecular formula is C20H29N3O. The molecule has 4 rings (SSSR count). The fourth-order valence-corrected chi connectivity index (χ4v) is 4.51. The quantitative estimate of drug-likeness (QED) is 0.658. The maximum atomic E-state index is 6.18. The summed E-state index contributed by atoms with van der Waals surface area (Å²) in [7, 11) is 0. The average molecular weight is 327 g/mol. The molecule has 1 aliphatic heterocycles. The van der Waals surface area contributed by atoms with Gasteiger partial charge in [-0.15, -0.1) is 0 Å². The number of hydrogen-bond acceptors (Lipinski definition) is 2. The zero-order valence-corrected chi connectivity index (χ0v) is 14.5. The standard InChI is InChI=1S/C20H29N3O/c21-19(22-14-15-9-12-24-20(13-15)10-4-11-20)23-18-8-3-6-16-5-1-2-7-17(16)18/h3,6,8,15H,1-2,4-5,7,9-14H2,(H3,21,22,23). The molecule has 1 aromatic carbocycles. The van der Waals surface area contributed by atoms with Crippen molar-refractivity contribution in [2.24, 2.45) is 16.6 Å². The molecule has 1 spiro atoms. The lowest BCUT2D eigenvalue weighted by Gasteiger charge is -2.47. The van der Waals surface area contributed by atoms with Gasteiger partial charge in [-0.3, -0.25) is 4.99 Å². The Kier molecular flexibility index (Phi) is 4.49. The highest BCUT2D eigenvalue weighted by Crippen LogP contribution is 2.44. The lowest BCUT2D eigenvalue weighted by atomic mass is 9.72. The van der Waals surface area contributed by atoms with Crippen LogP contribution in [0.15, 0.2) is 23.2 Å². The number of fused-ring (bicyclic) bond motifs is 1. The number of nitrogens with zero attached hydrogens (tertiary/aromatic N) is 1. The molecule has 1 saturated heterocycles. The summed E-state index contributed by atoms with van der Waals surface area (Å²) < 4.78 is 6.00. The predicted molar refractivity (Wildman–Crippen MR) is 98.5 cm³/mol. The van der Waals surface area contributed by atoms with Crippen molar-refractivity contribution in [2.45, 2.75) is 63.4 Å². The van der Waals surface area contributed by atoms with E-state index >= 15 is 0 Å². The van der Waals surface area contributed by atoms with Crippen molar-refractivity contribution in [3.05, 3.63) is 29.3 Å². The third-order valence-corrected chi connectivity index (χ3v) is 6.04. The summed E-state index contributed by atoms with van der Waals surface area (Å²) in [6, 6.07) is 6.50. The van der Waals surface area contributed by atoms with Crippen molar-refractivity contribution < 1.29 is 4.74 Å². The molecule has 0 radical (unpaired) electrons. The molecule has 1 unspecified atom stereocenters. The van der Waals surface area contributed by atoms with Crippen LogP contribution in [0.25, 0.3) is 0 Å². The van der Waals surface area contributed by atoms with Gasteiger partial charge in [0.1, 0.15) is 0 Å². The van der Waals surface area contributed by atoms with Crippen LogP contribution in [0.5, 0.6) is 0 Å². The number of hydrogen-bond donors (Lipinski definition) is 2. The number of anilines is 1. The molecule has 3 N–H and O–H groups in total. The molecular weight excluding hydrogens is 298 g/mol. The number of ether oxygens (including phenoxy) is 1. The Hall–Kier alpha value is -1.55. The fourth-order valence-electron chi connectivity index (χ4n) is 4.51. The van der Waals surface area contributed by atoms with Crippen molar-refractivity contribution in [3.8, 4) is 0 Å². The van der Waals surface area contributed by atoms with E-state index in [2.05, 4.69) is 28.5 Å². The minimum Gasteiger partial charge on any atom is -0.375 e. The normalized spacial score (nSPS) is 25.8. The Morgan fingerprint density at radius 2 is 2.12 bits per heavy atom. The number of aryl methyl sites for hydroxylation is 1. The van der Waals surface area contributed by atoms with Gasteiger partial charge in [-0.1, -0.05) is 12.1 Å². The molecule has 1 heterocycles. The summed E-state index contributed by atoms with van der Waals surface area (Å²) in [4.78, 5) is 4.64. The van der Waals surface area contributed by atoms with Gasteiger partial charge in [-0.05, 0) is 80.9 Å². The maximum absolute atomic E-state index is 6.18. The largest absolute Gasteiger partial charge is 0.375 e. The van der Waals surface area contributed by atoms with Crippen LogP contribution in [0.1, 0.15) is 56.1 Å². The van der Waals surface area contributed by atoms with Crippen LogP contribution < -0.4 is 11.1 Å². The molecule has 24 heavy (non-hydrogen) atoms. The molecule has 0 bridgehead atoms. The molecule has 0 amide bonds. The highest BCUT2D eigenvalue weighted by Gasteiger charge is 2.42. The van der Waals surface area contributed by atoms with Crippen LogP contribution >= 0.6 is 0 Å². The number of nitrogens with one attached hydrogen (secondary N) is 1. The first kappa shape index (κ1) is 15.9. The SMILES string of the molecule is NC(=NCC1CCOC2(CCC2)C1)Nc1cccc2c1CCCC2. The molecule has 1 aromatic rings. The Balaban J connectivity index is 1.37. The second-order valence-electron chi connectivity index (χ2n) is 7.75. The number of rotatable bonds is 3. The zero-order chi connectivity index (χ0) is 16.4. The molecule has 1 atom stereocenters. The van der Waals surface area contributed by atoms with Crippen molar-refractivity contribution in [1.29, 1.82) is 0 Å². The molecule has 2 fully saturated rings. The van der Waals surface area contributed by atoms with Crippen LogP contribution in [0, 0.1) is 5.92 Å². The van der Waals surface area contributed by atoms with Gasteiger partial charge in [0.25, 0.3) is 0 Å². The van der Waals surface area contributed by atoms with Crippen molar-refractivity contribution in [1.82, 2.24) is 0 Å². The zero-order valence-electron chi connectivity index (χ0n) is 14.5. The lowest BCUT2D eigenvalue weighted by Crippen LogP contribution is -2.46. The minimum atomic E-state index is 0.194. The summed E-state index contributed by atoms with van der Waals surface area (Å²) in [6.07, 6.45) is 11.0. The smallest absolute Gasteiger partial charge is 0.193 e. The van der Waals surface area contributed by atoms with E-state index in [0.29, 0.717) is 11.9 Å². The monoisotopic (exact) mass is 327 g/mol. The molecule has 4 heteroatoms. The maximum Gasteiger partial charge on any atom is 0.193 e. The van der Waals surface area contributed by atoms with E-state index in [1.807, 2.05) is 0 Å². The lowest BCUT2D eigenvalue weighted by molar-refractivity contribution is -0.141. The number of nitrogens with two attached hydrogens (primary N) is 1. The van der Waals surface area contributed by atoms with Crippen LogP contribution in [-0.4, -0.2) is 24.7 Å². The van der Waals surface area contributed by atoms with Gasteiger partial charge >= 0.3 is 0 Å². The molecule has 2 aliphatic carbocycles. The Morgan fingerprint density at radius 1 is 1.25 bits per heavy atom. The van der Waals surface area contributed by atoms with Gasteiger partial charge in [0.05, 0.1) is 5.60 Å². The van der Waals surface area contributed by atoms with Gasteiger partial charge in [0.15, 0.2) is 5.96 Å². The molecule has 3 aliphatic rings. The summed E-state index contributed by atoms with van der Waals surface area (Å²) in [5, 5.41) is 3.35. The Bertz CT molecular complexity index is 621. The second kappa shape index (κ2) is 6.75. The number of benzene rings is 1. The van der Waals surface area contributed by atoms with Crippen LogP contribution in [0.2, 0.25) is 0 Å². The van der Waals surface area contributed by atoms with Crippen LogP contribution in [0.3, 0.4) is 0 Å². The van der Waals surface area contributed by atoms with Gasteiger partial charge in [-0.25, -0.2) is 0 Å². The van der Waals surface area contributed by atoms with E-state index in [1.54, 1.807) is 0 Å². The molecule has 130 valence electrons. The summed E-state index contributed by atoms with van der Waals surface area (Å²) in [5.74, 6) is 1.17. The summed E-state index contributed by atoms with van der Waals surface area (Å²) >= 11 is 0. The highest BCUT2D eigenvalue weighted by molar-refractivity contribution is 5.93. The molecule has 1 saturated carbocycles. The van der Waals surface area contributed by atoms with Crippen molar-refractivity contribution in [3.63, 3.8) is 0 Å². The van der Waals surface area contributed by atoms with E-state index in [9.17, 15) is 0 Å². The minimum absolute atomic E-state index is 0.194. The van der Waals surface area contributed by atoms with Gasteiger partial charge in [0, 0.05) is 18.8 Å². The summed E-state index contributed by atoms with van der Waals surface area (Å²) in [5.41, 5.74) is 10.4. The van der Waals surface area contributed by atoms with E-state index in [-0.39, 0.29) is 5.60 Å². The third-order valence-electron chi connectivity index (χ3n) is 6.04. The van der Waals surface area contributed by atoms with E-state index in [4.69, 9.17) is 10.5 Å². The summed E-state index contributed by atoms with van der Waals surface area (Å²) in [6.45, 7) is 1.71. The third kappa shape index (κ3) is 3.30. The van der Waals surface area contributed by atoms with Crippen LogP contribution in [0.4, 0.5) is 5.69 Å². The first-order chi connectivity index (χ1) is 11.7. The first-order valence-corrected chi connectivity index (χ1v) is 9.56. The first-order valence-electron chi connectivity index (χ1n) is 9.56. The Morgan fingerprint density at radius 3 is 2.96 bits per heavy atom. The van der Waals surface area contributed by atoms with Crippen molar-refractivity contribution in [2.75, 3.05) is 18.5 Å². The van der Waals surface area contributed by atoms with Gasteiger partial charge < -0.3 is 15.8 Å². The van der Waals surface area contributed by atoms with Crippen LogP contribution in [-0.2, 0) is 17.6 Å². The number of guanidine groups is 1. The molecule has 4 nitrogen and oxygen atoms in total. The van der Waals surface area contributed by atoms with Crippen molar-refractivity contribution >= 4 is 11.6 Å². The van der Waals surface area contributed by atoms with Gasteiger partial charge in [-0.2, -0.15) is 0 Å².